The normalized spacial score (nSPS) is 18.0. The second-order valence-corrected chi connectivity index (χ2v) is 18.4. The van der Waals surface area contributed by atoms with E-state index in [9.17, 15) is 19.2 Å². The Morgan fingerprint density at radius 3 is 2.13 bits per heavy atom. The van der Waals surface area contributed by atoms with Gasteiger partial charge in [0.25, 0.3) is 0 Å². The number of fused-ring (bicyclic) bond motifs is 2. The van der Waals surface area contributed by atoms with Gasteiger partial charge in [0, 0.05) is 66.3 Å². The number of carbonyl (C=O) groups is 4. The molecule has 0 bridgehead atoms. The van der Waals surface area contributed by atoms with Crippen LogP contribution in [0.5, 0.6) is 11.5 Å². The number of allylic oxidation sites excluding steroid dienone is 2. The molecule has 0 saturated carbocycles. The van der Waals surface area contributed by atoms with Crippen molar-refractivity contribution >= 4 is 42.3 Å². The number of hydrogen-bond acceptors (Lipinski definition) is 8. The number of rotatable bonds is 23. The molecule has 18 heteroatoms. The Morgan fingerprint density at radius 2 is 1.51 bits per heavy atom. The third-order valence-corrected chi connectivity index (χ3v) is 12.8. The number of azide groups is 1. The van der Waals surface area contributed by atoms with Crippen LogP contribution in [0.25, 0.3) is 27.8 Å². The van der Waals surface area contributed by atoms with Gasteiger partial charge in [-0.1, -0.05) is 61.4 Å². The molecule has 4 aromatic rings. The molecule has 0 aliphatic carbocycles. The molecule has 15 nitrogen and oxygen atoms in total. The maximum Gasteiger partial charge on any atom is 0.737 e. The molecular weight excluding hydrogens is 885 g/mol. The zero-order chi connectivity index (χ0) is 49.5. The fraction of sp³-hybridized carbons (Fsp3) is 0.392. The van der Waals surface area contributed by atoms with Gasteiger partial charge in [-0.3, -0.25) is 19.2 Å². The first-order valence-corrected chi connectivity index (χ1v) is 23.3. The minimum atomic E-state index is -4.38. The average Bonchev–Trinajstić information content (AvgIpc) is 3.84. The van der Waals surface area contributed by atoms with E-state index in [-0.39, 0.29) is 44.0 Å². The molecule has 0 radical (unpaired) electrons. The van der Waals surface area contributed by atoms with Crippen LogP contribution in [0.15, 0.2) is 113 Å². The lowest BCUT2D eigenvalue weighted by Crippen LogP contribution is -2.57. The predicted molar refractivity (Wildman–Crippen MR) is 260 cm³/mol. The van der Waals surface area contributed by atoms with Crippen LogP contribution in [-0.2, 0) is 36.8 Å². The van der Waals surface area contributed by atoms with Crippen molar-refractivity contribution in [1.82, 2.24) is 20.4 Å². The lowest BCUT2D eigenvalue weighted by Gasteiger charge is -2.31. The second-order valence-electron chi connectivity index (χ2n) is 18.4. The van der Waals surface area contributed by atoms with Crippen molar-refractivity contribution in [3.63, 3.8) is 0 Å². The van der Waals surface area contributed by atoms with Crippen molar-refractivity contribution in [1.29, 1.82) is 0 Å². The van der Waals surface area contributed by atoms with Crippen molar-refractivity contribution in [3.8, 4) is 22.8 Å². The molecule has 7 rings (SSSR count). The van der Waals surface area contributed by atoms with E-state index >= 15 is 8.63 Å². The summed E-state index contributed by atoms with van der Waals surface area (Å²) in [6.45, 7) is 5.53. The van der Waals surface area contributed by atoms with E-state index in [1.54, 1.807) is 94.6 Å². The molecule has 3 aliphatic heterocycles. The highest BCUT2D eigenvalue weighted by Gasteiger charge is 2.54. The highest BCUT2D eigenvalue weighted by Crippen LogP contribution is 2.41. The minimum Gasteiger partial charge on any atom is -0.497 e. The van der Waals surface area contributed by atoms with Crippen LogP contribution in [-0.4, -0.2) is 95.7 Å². The van der Waals surface area contributed by atoms with Crippen LogP contribution in [0.2, 0.25) is 0 Å². The summed E-state index contributed by atoms with van der Waals surface area (Å²) in [5, 5.41) is 12.2. The fourth-order valence-electron chi connectivity index (χ4n) is 9.03. The number of aromatic nitrogens is 1. The zero-order valence-corrected chi connectivity index (χ0v) is 39.8. The van der Waals surface area contributed by atoms with E-state index in [0.29, 0.717) is 82.6 Å². The van der Waals surface area contributed by atoms with E-state index in [0.717, 1.165) is 14.5 Å². The third kappa shape index (κ3) is 11.6. The lowest BCUT2D eigenvalue weighted by atomic mass is 9.89. The Labute approximate surface area is 400 Å². The highest BCUT2D eigenvalue weighted by atomic mass is 19.2. The first kappa shape index (κ1) is 49.9. The molecule has 1 fully saturated rings. The van der Waals surface area contributed by atoms with Crippen LogP contribution < -0.4 is 25.4 Å². The molecule has 1 saturated heterocycles. The van der Waals surface area contributed by atoms with Gasteiger partial charge in [-0.25, -0.2) is 0 Å². The van der Waals surface area contributed by atoms with Gasteiger partial charge >= 0.3 is 6.97 Å². The smallest absolute Gasteiger partial charge is 0.497 e. The van der Waals surface area contributed by atoms with Gasteiger partial charge < -0.3 is 47.8 Å². The van der Waals surface area contributed by atoms with E-state index < -0.39 is 48.4 Å². The summed E-state index contributed by atoms with van der Waals surface area (Å²) in [5.74, 6) is -0.672. The number of epoxide rings is 1. The standard InChI is InChI=1S/C51H59BF2N8O7/c1-32(2)27-42(48(64)51(5)31-69-51)58-50(66)44(28-35-11-8-7-9-12-35)59-49(65)43(29-36-13-18-39(67-6)19-14-36)57-47(63)24-22-41-33(3)46-30-38-17-23-45(62(38)52(53,54)61(46)34(41)4)37-15-20-40(21-16-37)68-26-10-25-56-60-55/h7-9,11-21,23,30,32,42-44H,10,22,24-29,31H2,1-6H3,(H,57,63)(H,58,66)(H,59,65)/t42-,43-,44-,51+/m0/s1. The van der Waals surface area contributed by atoms with Crippen LogP contribution in [0.4, 0.5) is 8.63 Å². The van der Waals surface area contributed by atoms with Crippen LogP contribution in [0, 0.1) is 5.92 Å². The maximum absolute atomic E-state index is 16.9. The molecule has 1 aromatic heterocycles. The number of Topliss-reactive ketones (excluding diaryl/α,β-unsaturated/α-hetero) is 1. The van der Waals surface area contributed by atoms with Crippen molar-refractivity contribution in [3.05, 3.63) is 135 Å². The molecule has 4 atom stereocenters. The van der Waals surface area contributed by atoms with E-state index in [1.807, 2.05) is 44.2 Å². The van der Waals surface area contributed by atoms with Gasteiger partial charge in [-0.05, 0) is 110 Å². The Morgan fingerprint density at radius 1 is 0.884 bits per heavy atom. The molecule has 3 aliphatic rings. The number of amides is 3. The summed E-state index contributed by atoms with van der Waals surface area (Å²) >= 11 is 0. The van der Waals surface area contributed by atoms with Crippen LogP contribution in [0.3, 0.4) is 0 Å². The van der Waals surface area contributed by atoms with Crippen molar-refractivity contribution in [2.45, 2.75) is 96.9 Å². The SMILES string of the molecule is COc1ccc(C[C@H](NC(=O)CCC2=C(C)C3=Cc4ccc(-c5ccc(OCCCN=[N+]=[N-])cc5)n4[B-](F)(F)[N+]3=C2C)C(=O)N[C@@H](Cc2ccccc2)C(=O)N[C@@H](CC(C)C)C(=O)[C@@]2(C)CO2)cc1. The van der Waals surface area contributed by atoms with Crippen molar-refractivity contribution in [2.75, 3.05) is 26.9 Å². The number of ketones is 1. The van der Waals surface area contributed by atoms with E-state index in [2.05, 4.69) is 26.0 Å². The topological polar surface area (TPSA) is 192 Å². The summed E-state index contributed by atoms with van der Waals surface area (Å²) < 4.78 is 52.5. The number of methoxy groups -OCH3 is 1. The molecule has 0 unspecified atom stereocenters. The molecule has 3 amide bonds. The average molecular weight is 945 g/mol. The first-order chi connectivity index (χ1) is 33.0. The van der Waals surface area contributed by atoms with Crippen LogP contribution in [0.1, 0.15) is 77.1 Å². The van der Waals surface area contributed by atoms with Gasteiger partial charge in [0.1, 0.15) is 34.9 Å². The van der Waals surface area contributed by atoms with Gasteiger partial charge in [0.15, 0.2) is 11.5 Å². The largest absolute Gasteiger partial charge is 0.737 e. The number of ether oxygens (including phenoxy) is 3. The third-order valence-electron chi connectivity index (χ3n) is 12.8. The lowest BCUT2D eigenvalue weighted by molar-refractivity contribution is -0.362. The Kier molecular flexibility index (Phi) is 15.5. The number of benzene rings is 3. The molecule has 0 spiro atoms. The maximum atomic E-state index is 16.9. The molecule has 3 aromatic carbocycles. The fourth-order valence-corrected chi connectivity index (χ4v) is 9.03. The Bertz CT molecular complexity index is 2710. The number of nitrogens with zero attached hydrogens (tertiary/aromatic N) is 5. The first-order valence-electron chi connectivity index (χ1n) is 23.3. The number of carbonyl (C=O) groups excluding carboxylic acids is 4. The molecule has 362 valence electrons. The number of hydrogen-bond donors (Lipinski definition) is 3. The monoisotopic (exact) mass is 944 g/mol. The van der Waals surface area contributed by atoms with Gasteiger partial charge in [-0.2, -0.15) is 0 Å². The predicted octanol–water partition coefficient (Wildman–Crippen LogP) is 7.75. The summed E-state index contributed by atoms with van der Waals surface area (Å²) in [4.78, 5) is 58.8. The molecule has 3 N–H and O–H groups in total. The van der Waals surface area contributed by atoms with Gasteiger partial charge in [-0.15, -0.1) is 0 Å². The van der Waals surface area contributed by atoms with Gasteiger partial charge in [0.2, 0.25) is 17.7 Å². The minimum absolute atomic E-state index is 0.0586. The summed E-state index contributed by atoms with van der Waals surface area (Å²) in [7, 11) is 1.54. The highest BCUT2D eigenvalue weighted by molar-refractivity contribution is 6.58. The van der Waals surface area contributed by atoms with Crippen LogP contribution >= 0.6 is 0 Å². The molecular formula is C51H59BF2N8O7. The van der Waals surface area contributed by atoms with Gasteiger partial charge in [0.05, 0.1) is 26.4 Å². The second kappa shape index (κ2) is 21.5. The van der Waals surface area contributed by atoms with Crippen molar-refractivity contribution in [2.24, 2.45) is 11.0 Å². The molecule has 4 heterocycles. The summed E-state index contributed by atoms with van der Waals surface area (Å²) in [6.07, 6.45) is 2.79. The number of halogens is 2. The van der Waals surface area contributed by atoms with Crippen molar-refractivity contribution < 1.29 is 46.5 Å². The zero-order valence-electron chi connectivity index (χ0n) is 39.8. The summed E-state index contributed by atoms with van der Waals surface area (Å²) in [6, 6.07) is 23.3. The van der Waals surface area contributed by atoms with E-state index in [4.69, 9.17) is 19.7 Å². The summed E-state index contributed by atoms with van der Waals surface area (Å²) in [5.41, 5.74) is 12.1. The Balaban J connectivity index is 1.08. The number of nitrogens with one attached hydrogen (secondary N) is 3. The van der Waals surface area contributed by atoms with E-state index in [1.165, 1.54) is 0 Å². The quantitative estimate of drug-likeness (QED) is 0.0169. The Hall–Kier alpha value is -7.04. The molecule has 69 heavy (non-hydrogen) atoms.